The maximum atomic E-state index is 12.4. The van der Waals surface area contributed by atoms with Crippen molar-refractivity contribution < 1.29 is 9.53 Å². The molecule has 2 saturated heterocycles. The van der Waals surface area contributed by atoms with Crippen LogP contribution in [0.3, 0.4) is 0 Å². The summed E-state index contributed by atoms with van der Waals surface area (Å²) in [5.74, 6) is 0.193. The molecule has 0 bridgehead atoms. The van der Waals surface area contributed by atoms with Gasteiger partial charge in [0.2, 0.25) is 0 Å². The van der Waals surface area contributed by atoms with Gasteiger partial charge < -0.3 is 9.64 Å². The molecular weight excluding hydrogens is 286 g/mol. The van der Waals surface area contributed by atoms with Gasteiger partial charge in [-0.25, -0.2) is 4.98 Å². The van der Waals surface area contributed by atoms with Crippen LogP contribution < -0.4 is 0 Å². The summed E-state index contributed by atoms with van der Waals surface area (Å²) in [5.41, 5.74) is 1.15. The Morgan fingerprint density at radius 1 is 1.38 bits per heavy atom. The molecule has 0 saturated carbocycles. The van der Waals surface area contributed by atoms with E-state index in [1.165, 1.54) is 0 Å². The number of ether oxygens (including phenoxy) is 1. The second-order valence-corrected chi connectivity index (χ2v) is 6.88. The van der Waals surface area contributed by atoms with Gasteiger partial charge in [-0.15, -0.1) is 11.3 Å². The number of carbonyl (C=O) groups is 1. The lowest BCUT2D eigenvalue weighted by atomic mass is 10.2. The molecule has 1 aromatic rings. The summed E-state index contributed by atoms with van der Waals surface area (Å²) in [4.78, 5) is 21.3. The van der Waals surface area contributed by atoms with Crippen molar-refractivity contribution in [2.24, 2.45) is 0 Å². The minimum absolute atomic E-state index is 0.183. The van der Waals surface area contributed by atoms with Crippen LogP contribution in [-0.4, -0.2) is 59.6 Å². The van der Waals surface area contributed by atoms with Gasteiger partial charge in [0.25, 0.3) is 5.91 Å². The van der Waals surface area contributed by atoms with Crippen LogP contribution in [0.2, 0.25) is 0 Å². The maximum absolute atomic E-state index is 12.4. The van der Waals surface area contributed by atoms with E-state index in [4.69, 9.17) is 4.74 Å². The summed E-state index contributed by atoms with van der Waals surface area (Å²) in [7, 11) is 0. The number of rotatable bonds is 3. The molecule has 1 unspecified atom stereocenters. The average Bonchev–Trinajstić information content (AvgIpc) is 3.08. The van der Waals surface area contributed by atoms with Crippen molar-refractivity contribution >= 4 is 17.2 Å². The van der Waals surface area contributed by atoms with Gasteiger partial charge in [0.15, 0.2) is 0 Å². The fraction of sp³-hybridized carbons (Fsp3) is 0.733. The summed E-state index contributed by atoms with van der Waals surface area (Å²) < 4.78 is 5.52. The molecule has 0 radical (unpaired) electrons. The zero-order chi connectivity index (χ0) is 14.7. The first-order chi connectivity index (χ1) is 10.2. The lowest BCUT2D eigenvalue weighted by Gasteiger charge is -2.24. The van der Waals surface area contributed by atoms with Gasteiger partial charge in [0.05, 0.1) is 10.7 Å². The Kier molecular flexibility index (Phi) is 4.87. The van der Waals surface area contributed by atoms with Crippen molar-refractivity contribution in [2.45, 2.75) is 38.8 Å². The van der Waals surface area contributed by atoms with E-state index in [0.717, 1.165) is 69.3 Å². The highest BCUT2D eigenvalue weighted by molar-refractivity contribution is 7.09. The molecule has 3 rings (SSSR count). The van der Waals surface area contributed by atoms with E-state index in [9.17, 15) is 4.79 Å². The summed E-state index contributed by atoms with van der Waals surface area (Å²) in [5, 5.41) is 3.25. The van der Waals surface area contributed by atoms with Crippen molar-refractivity contribution in [1.82, 2.24) is 14.8 Å². The van der Waals surface area contributed by atoms with Crippen LogP contribution in [0.25, 0.3) is 0 Å². The van der Waals surface area contributed by atoms with Crippen molar-refractivity contribution in [3.05, 3.63) is 16.1 Å². The number of amides is 1. The highest BCUT2D eigenvalue weighted by Crippen LogP contribution is 2.17. The molecule has 2 aliphatic heterocycles. The van der Waals surface area contributed by atoms with Crippen molar-refractivity contribution in [3.8, 4) is 0 Å². The number of carbonyl (C=O) groups excluding carboxylic acids is 1. The minimum Gasteiger partial charge on any atom is -0.368 e. The Morgan fingerprint density at radius 3 is 3.00 bits per heavy atom. The lowest BCUT2D eigenvalue weighted by molar-refractivity contribution is -0.140. The SMILES string of the molecule is Cc1nc(CN2CCCN(C(=O)C3CCCO3)CC2)cs1. The predicted octanol–water partition coefficient (Wildman–Crippen LogP) is 1.66. The third-order valence-corrected chi connectivity index (χ3v) is 4.98. The summed E-state index contributed by atoms with van der Waals surface area (Å²) >= 11 is 1.70. The zero-order valence-electron chi connectivity index (χ0n) is 12.6. The van der Waals surface area contributed by atoms with Gasteiger partial charge in [0, 0.05) is 44.7 Å². The Balaban J connectivity index is 1.52. The molecule has 1 amide bonds. The number of aromatic nitrogens is 1. The van der Waals surface area contributed by atoms with Crippen LogP contribution in [0.15, 0.2) is 5.38 Å². The molecule has 2 aliphatic rings. The van der Waals surface area contributed by atoms with E-state index >= 15 is 0 Å². The summed E-state index contributed by atoms with van der Waals surface area (Å²) in [6.45, 7) is 7.29. The van der Waals surface area contributed by atoms with Crippen molar-refractivity contribution in [3.63, 3.8) is 0 Å². The van der Waals surface area contributed by atoms with Crippen molar-refractivity contribution in [2.75, 3.05) is 32.8 Å². The Labute approximate surface area is 129 Å². The highest BCUT2D eigenvalue weighted by Gasteiger charge is 2.29. The molecule has 1 aromatic heterocycles. The van der Waals surface area contributed by atoms with Crippen LogP contribution >= 0.6 is 11.3 Å². The molecule has 1 atom stereocenters. The van der Waals surface area contributed by atoms with Gasteiger partial charge in [-0.05, 0) is 26.2 Å². The molecular formula is C15H23N3O2S. The van der Waals surface area contributed by atoms with Crippen LogP contribution in [0, 0.1) is 6.92 Å². The van der Waals surface area contributed by atoms with Gasteiger partial charge in [-0.3, -0.25) is 9.69 Å². The van der Waals surface area contributed by atoms with E-state index in [1.54, 1.807) is 11.3 Å². The molecule has 21 heavy (non-hydrogen) atoms. The van der Waals surface area contributed by atoms with Gasteiger partial charge in [0.1, 0.15) is 6.10 Å². The van der Waals surface area contributed by atoms with E-state index in [0.29, 0.717) is 0 Å². The molecule has 116 valence electrons. The summed E-state index contributed by atoms with van der Waals surface area (Å²) in [6.07, 6.45) is 2.75. The molecule has 2 fully saturated rings. The van der Waals surface area contributed by atoms with E-state index in [-0.39, 0.29) is 12.0 Å². The average molecular weight is 309 g/mol. The maximum Gasteiger partial charge on any atom is 0.251 e. The normalized spacial score (nSPS) is 24.2. The topological polar surface area (TPSA) is 45.7 Å². The Morgan fingerprint density at radius 2 is 2.29 bits per heavy atom. The Bertz CT molecular complexity index is 485. The highest BCUT2D eigenvalue weighted by atomic mass is 32.1. The predicted molar refractivity (Wildman–Crippen MR) is 82.3 cm³/mol. The third kappa shape index (κ3) is 3.81. The first-order valence-corrected chi connectivity index (χ1v) is 8.64. The molecule has 3 heterocycles. The molecule has 6 heteroatoms. The van der Waals surface area contributed by atoms with Crippen LogP contribution in [0.5, 0.6) is 0 Å². The zero-order valence-corrected chi connectivity index (χ0v) is 13.4. The first-order valence-electron chi connectivity index (χ1n) is 7.76. The van der Waals surface area contributed by atoms with E-state index in [2.05, 4.69) is 15.3 Å². The van der Waals surface area contributed by atoms with Crippen LogP contribution in [-0.2, 0) is 16.1 Å². The standard InChI is InChI=1S/C15H23N3O2S/c1-12-16-13(11-21-12)10-17-5-3-6-18(8-7-17)15(19)14-4-2-9-20-14/h11,14H,2-10H2,1H3. The van der Waals surface area contributed by atoms with Crippen molar-refractivity contribution in [1.29, 1.82) is 0 Å². The fourth-order valence-electron chi connectivity index (χ4n) is 3.04. The van der Waals surface area contributed by atoms with E-state index < -0.39 is 0 Å². The van der Waals surface area contributed by atoms with Gasteiger partial charge >= 0.3 is 0 Å². The molecule has 0 aliphatic carbocycles. The number of nitrogens with zero attached hydrogens (tertiary/aromatic N) is 3. The van der Waals surface area contributed by atoms with Gasteiger partial charge in [-0.1, -0.05) is 0 Å². The Hall–Kier alpha value is -0.980. The van der Waals surface area contributed by atoms with E-state index in [1.807, 2.05) is 11.8 Å². The first kappa shape index (κ1) is 14.9. The van der Waals surface area contributed by atoms with Crippen LogP contribution in [0.1, 0.15) is 30.0 Å². The molecule has 0 spiro atoms. The molecule has 0 N–H and O–H groups in total. The fourth-order valence-corrected chi connectivity index (χ4v) is 3.64. The largest absolute Gasteiger partial charge is 0.368 e. The second-order valence-electron chi connectivity index (χ2n) is 5.81. The van der Waals surface area contributed by atoms with Crippen LogP contribution in [0.4, 0.5) is 0 Å². The second kappa shape index (κ2) is 6.85. The summed E-state index contributed by atoms with van der Waals surface area (Å²) in [6, 6.07) is 0. The molecule has 0 aromatic carbocycles. The number of hydrogen-bond acceptors (Lipinski definition) is 5. The number of aryl methyl sites for hydroxylation is 1. The van der Waals surface area contributed by atoms with Gasteiger partial charge in [-0.2, -0.15) is 0 Å². The monoisotopic (exact) mass is 309 g/mol. The molecule has 5 nitrogen and oxygen atoms in total. The number of hydrogen-bond donors (Lipinski definition) is 0. The number of thiazole rings is 1. The quantitative estimate of drug-likeness (QED) is 0.852. The third-order valence-electron chi connectivity index (χ3n) is 4.16. The minimum atomic E-state index is -0.183. The lowest BCUT2D eigenvalue weighted by Crippen LogP contribution is -2.41. The smallest absolute Gasteiger partial charge is 0.251 e.